The number of halogens is 2. The Balaban J connectivity index is 2.09. The van der Waals surface area contributed by atoms with E-state index in [1.165, 1.54) is 0 Å². The first-order chi connectivity index (χ1) is 15.1. The van der Waals surface area contributed by atoms with E-state index in [4.69, 9.17) is 33.4 Å². The van der Waals surface area contributed by atoms with Crippen LogP contribution in [-0.2, 0) is 0 Å². The van der Waals surface area contributed by atoms with Crippen LogP contribution in [0.15, 0.2) is 59.0 Å². The number of amides is 1. The van der Waals surface area contributed by atoms with Crippen LogP contribution in [-0.4, -0.2) is 16.7 Å². The number of furan rings is 1. The number of benzene rings is 2. The smallest absolute Gasteiger partial charge is 0.253 e. The number of ketones is 1. The van der Waals surface area contributed by atoms with Crippen molar-refractivity contribution in [3.63, 3.8) is 0 Å². The van der Waals surface area contributed by atoms with Gasteiger partial charge in [-0.2, -0.15) is 0 Å². The molecule has 0 fully saturated rings. The number of nitrogens with zero attached hydrogens (tertiary/aromatic N) is 1. The average Bonchev–Trinajstić information content (AvgIpc) is 3.11. The highest BCUT2D eigenvalue weighted by atomic mass is 35.5. The van der Waals surface area contributed by atoms with Gasteiger partial charge in [0.25, 0.3) is 5.91 Å². The number of hydrogen-bond acceptors (Lipinski definition) is 4. The molecule has 0 atom stereocenters. The van der Waals surface area contributed by atoms with Crippen LogP contribution in [0.5, 0.6) is 0 Å². The van der Waals surface area contributed by atoms with E-state index in [1.54, 1.807) is 45.0 Å². The summed E-state index contributed by atoms with van der Waals surface area (Å²) >= 11 is 12.5. The summed E-state index contributed by atoms with van der Waals surface area (Å²) in [6.45, 7) is 5.24. The number of Topliss-reactive ketones (excluding diaryl/α,β-unsaturated/α-hetero) is 1. The van der Waals surface area contributed by atoms with E-state index in [-0.39, 0.29) is 22.8 Å². The number of carbonyl (C=O) groups excluding carboxylic acids is 2. The second-order valence-corrected chi connectivity index (χ2v) is 9.32. The maximum Gasteiger partial charge on any atom is 0.253 e. The molecule has 2 aromatic carbocycles. The fourth-order valence-corrected chi connectivity index (χ4v) is 3.83. The fraction of sp³-hybridized carbons (Fsp3) is 0.160. The van der Waals surface area contributed by atoms with E-state index in [1.807, 2.05) is 30.3 Å². The molecule has 4 rings (SSSR count). The highest BCUT2D eigenvalue weighted by Gasteiger charge is 2.33. The number of carbonyl (C=O) groups is 2. The van der Waals surface area contributed by atoms with Crippen molar-refractivity contribution < 1.29 is 14.0 Å². The van der Waals surface area contributed by atoms with E-state index < -0.39 is 11.3 Å². The molecule has 2 heterocycles. The molecule has 0 aliphatic heterocycles. The first-order valence-electron chi connectivity index (χ1n) is 9.91. The summed E-state index contributed by atoms with van der Waals surface area (Å²) in [5.74, 6) is -1.19. The number of rotatable bonds is 4. The zero-order valence-corrected chi connectivity index (χ0v) is 19.2. The van der Waals surface area contributed by atoms with Gasteiger partial charge in [-0.05, 0) is 29.8 Å². The molecule has 1 amide bonds. The minimum Gasteiger partial charge on any atom is -0.434 e. The van der Waals surface area contributed by atoms with Gasteiger partial charge in [-0.1, -0.05) is 74.3 Å². The predicted octanol–water partition coefficient (Wildman–Crippen LogP) is 6.80. The third-order valence-electron chi connectivity index (χ3n) is 5.10. The Labute approximate surface area is 195 Å². The van der Waals surface area contributed by atoms with Crippen molar-refractivity contribution >= 4 is 46.0 Å². The fourth-order valence-electron chi connectivity index (χ4n) is 3.48. The molecule has 2 aromatic heterocycles. The van der Waals surface area contributed by atoms with Gasteiger partial charge in [-0.25, -0.2) is 4.98 Å². The Morgan fingerprint density at radius 2 is 1.62 bits per heavy atom. The average molecular weight is 467 g/mol. The third-order valence-corrected chi connectivity index (χ3v) is 5.68. The number of nitrogens with two attached hydrogens (primary N) is 1. The molecular weight excluding hydrogens is 447 g/mol. The second kappa shape index (κ2) is 8.08. The lowest BCUT2D eigenvalue weighted by Crippen LogP contribution is -2.23. The lowest BCUT2D eigenvalue weighted by atomic mass is 9.87. The molecule has 0 aliphatic rings. The van der Waals surface area contributed by atoms with Crippen molar-refractivity contribution in [3.8, 4) is 22.4 Å². The van der Waals surface area contributed by atoms with Crippen LogP contribution < -0.4 is 5.73 Å². The molecule has 0 radical (unpaired) electrons. The minimum absolute atomic E-state index is 0.0216. The first-order valence-corrected chi connectivity index (χ1v) is 10.7. The van der Waals surface area contributed by atoms with Crippen LogP contribution in [0.4, 0.5) is 0 Å². The third kappa shape index (κ3) is 3.90. The normalized spacial score (nSPS) is 11.7. The minimum atomic E-state index is -0.775. The molecule has 32 heavy (non-hydrogen) atoms. The molecule has 0 bridgehead atoms. The van der Waals surface area contributed by atoms with Crippen molar-refractivity contribution in [2.45, 2.75) is 20.8 Å². The summed E-state index contributed by atoms with van der Waals surface area (Å²) in [7, 11) is 0. The van der Waals surface area contributed by atoms with Crippen molar-refractivity contribution in [1.82, 2.24) is 4.98 Å². The molecule has 5 nitrogen and oxygen atoms in total. The maximum atomic E-state index is 13.0. The van der Waals surface area contributed by atoms with Crippen molar-refractivity contribution in [3.05, 3.63) is 76.0 Å². The summed E-state index contributed by atoms with van der Waals surface area (Å²) < 4.78 is 5.84. The Bertz CT molecular complexity index is 1370. The zero-order valence-electron chi connectivity index (χ0n) is 17.7. The van der Waals surface area contributed by atoms with E-state index in [9.17, 15) is 9.59 Å². The highest BCUT2D eigenvalue weighted by Crippen LogP contribution is 2.39. The first kappa shape index (κ1) is 22.1. The van der Waals surface area contributed by atoms with Gasteiger partial charge in [0, 0.05) is 26.6 Å². The Hall–Kier alpha value is -3.15. The Kier molecular flexibility index (Phi) is 5.57. The van der Waals surface area contributed by atoms with Gasteiger partial charge in [-0.3, -0.25) is 9.59 Å². The van der Waals surface area contributed by atoms with Crippen LogP contribution in [0.25, 0.3) is 33.5 Å². The highest BCUT2D eigenvalue weighted by molar-refractivity contribution is 6.33. The van der Waals surface area contributed by atoms with Gasteiger partial charge in [0.1, 0.15) is 0 Å². The summed E-state index contributed by atoms with van der Waals surface area (Å²) in [6, 6.07) is 16.2. The molecule has 7 heteroatoms. The van der Waals surface area contributed by atoms with Gasteiger partial charge < -0.3 is 10.2 Å². The number of fused-ring (bicyclic) bond motifs is 1. The van der Waals surface area contributed by atoms with Gasteiger partial charge in [0.05, 0.1) is 16.6 Å². The van der Waals surface area contributed by atoms with Gasteiger partial charge in [-0.15, -0.1) is 0 Å². The van der Waals surface area contributed by atoms with E-state index in [0.29, 0.717) is 32.3 Å². The van der Waals surface area contributed by atoms with Gasteiger partial charge in [0.15, 0.2) is 5.76 Å². The lowest BCUT2D eigenvalue weighted by molar-refractivity contribution is 0.0822. The summed E-state index contributed by atoms with van der Waals surface area (Å²) in [5.41, 5.74) is 7.78. The topological polar surface area (TPSA) is 86.2 Å². The van der Waals surface area contributed by atoms with Crippen molar-refractivity contribution in [2.24, 2.45) is 11.1 Å². The summed E-state index contributed by atoms with van der Waals surface area (Å²) in [5, 5.41) is 1.45. The van der Waals surface area contributed by atoms with E-state index in [0.717, 1.165) is 5.56 Å². The molecule has 0 aliphatic carbocycles. The van der Waals surface area contributed by atoms with Gasteiger partial charge in [0.2, 0.25) is 11.5 Å². The largest absolute Gasteiger partial charge is 0.434 e. The Morgan fingerprint density at radius 1 is 0.969 bits per heavy atom. The summed E-state index contributed by atoms with van der Waals surface area (Å²) in [6.07, 6.45) is 0. The van der Waals surface area contributed by atoms with E-state index >= 15 is 0 Å². The molecular formula is C25H20Cl2N2O3. The molecule has 162 valence electrons. The maximum absolute atomic E-state index is 13.0. The lowest BCUT2D eigenvalue weighted by Gasteiger charge is -2.14. The second-order valence-electron chi connectivity index (χ2n) is 8.47. The number of hydrogen-bond donors (Lipinski definition) is 1. The van der Waals surface area contributed by atoms with Gasteiger partial charge >= 0.3 is 0 Å². The van der Waals surface area contributed by atoms with Crippen molar-refractivity contribution in [1.29, 1.82) is 0 Å². The van der Waals surface area contributed by atoms with Crippen LogP contribution in [0, 0.1) is 5.41 Å². The predicted molar refractivity (Wildman–Crippen MR) is 127 cm³/mol. The number of pyridine rings is 1. The van der Waals surface area contributed by atoms with Crippen LogP contribution in [0.1, 0.15) is 41.7 Å². The number of primary amides is 1. The molecule has 0 saturated heterocycles. The molecule has 0 spiro atoms. The standard InChI is InChI=1S/C25H20Cl2N2O3/c1-25(2,3)22(30)21-19(23(28)31)17-12-16(13-8-10-14(26)11-9-13)20(29-24(17)32-21)15-6-4-5-7-18(15)27/h4-12H,1-3H3,(H2,28,31). The monoisotopic (exact) mass is 466 g/mol. The van der Waals surface area contributed by atoms with Crippen LogP contribution in [0.3, 0.4) is 0 Å². The zero-order chi connectivity index (χ0) is 23.2. The molecule has 2 N–H and O–H groups in total. The van der Waals surface area contributed by atoms with Crippen molar-refractivity contribution in [2.75, 3.05) is 0 Å². The molecule has 4 aromatic rings. The Morgan fingerprint density at radius 3 is 2.22 bits per heavy atom. The van der Waals surface area contributed by atoms with Crippen LogP contribution >= 0.6 is 23.2 Å². The van der Waals surface area contributed by atoms with E-state index in [2.05, 4.69) is 4.98 Å². The quantitative estimate of drug-likeness (QED) is 0.335. The molecule has 0 unspecified atom stereocenters. The summed E-state index contributed by atoms with van der Waals surface area (Å²) in [4.78, 5) is 30.1. The van der Waals surface area contributed by atoms with Crippen LogP contribution in [0.2, 0.25) is 10.0 Å². The SMILES string of the molecule is CC(C)(C)C(=O)c1oc2nc(-c3ccccc3Cl)c(-c3ccc(Cl)cc3)cc2c1C(N)=O. The molecule has 0 saturated carbocycles. The number of aromatic nitrogens is 1.